The van der Waals surface area contributed by atoms with E-state index in [9.17, 15) is 18.0 Å². The summed E-state index contributed by atoms with van der Waals surface area (Å²) in [5, 5.41) is 2.91. The Hall–Kier alpha value is -3.85. The van der Waals surface area contributed by atoms with Gasteiger partial charge in [-0.05, 0) is 75.1 Å². The second kappa shape index (κ2) is 14.2. The first-order chi connectivity index (χ1) is 19.5. The largest absolute Gasteiger partial charge is 0.497 e. The zero-order valence-electron chi connectivity index (χ0n) is 24.8. The highest BCUT2D eigenvalue weighted by Crippen LogP contribution is 2.29. The van der Waals surface area contributed by atoms with Crippen LogP contribution in [0.2, 0.25) is 0 Å². The Kier molecular flexibility index (Phi) is 10.9. The minimum absolute atomic E-state index is 0.0887. The number of nitrogens with zero attached hydrogens (tertiary/aromatic N) is 2. The monoisotopic (exact) mass is 579 g/mol. The van der Waals surface area contributed by atoms with E-state index in [4.69, 9.17) is 4.74 Å². The molecule has 0 bridgehead atoms. The van der Waals surface area contributed by atoms with Crippen LogP contribution in [-0.4, -0.2) is 50.9 Å². The lowest BCUT2D eigenvalue weighted by molar-refractivity contribution is -0.140. The smallest absolute Gasteiger partial charge is 0.264 e. The second-order valence-electron chi connectivity index (χ2n) is 10.3. The van der Waals surface area contributed by atoms with Crippen LogP contribution in [-0.2, 0) is 32.6 Å². The highest BCUT2D eigenvalue weighted by molar-refractivity contribution is 7.92. The molecule has 0 aliphatic carbocycles. The molecule has 1 N–H and O–H groups in total. The molecule has 0 heterocycles. The summed E-state index contributed by atoms with van der Waals surface area (Å²) in [7, 11) is -2.56. The minimum atomic E-state index is -4.12. The normalized spacial score (nSPS) is 12.1. The number of amides is 2. The van der Waals surface area contributed by atoms with E-state index in [1.165, 1.54) is 9.21 Å². The van der Waals surface area contributed by atoms with Gasteiger partial charge >= 0.3 is 0 Å². The number of nitrogens with one attached hydrogen (secondary N) is 1. The van der Waals surface area contributed by atoms with Gasteiger partial charge in [0.25, 0.3) is 10.0 Å². The Morgan fingerprint density at radius 2 is 1.63 bits per heavy atom. The SMILES string of the molecule is CCc1ccccc1N(CC(=O)N(Cc1cccc(OC)c1)[C@H](CC)C(=O)NC(C)C)S(=O)(=O)c1ccc(C)cc1. The van der Waals surface area contributed by atoms with Crippen LogP contribution < -0.4 is 14.4 Å². The quantitative estimate of drug-likeness (QED) is 0.304. The maximum absolute atomic E-state index is 14.2. The number of hydrogen-bond donors (Lipinski definition) is 1. The average molecular weight is 580 g/mol. The van der Waals surface area contributed by atoms with Crippen LogP contribution >= 0.6 is 0 Å². The maximum Gasteiger partial charge on any atom is 0.264 e. The Labute approximate surface area is 244 Å². The van der Waals surface area contributed by atoms with Gasteiger partial charge in [-0.1, -0.05) is 61.9 Å². The van der Waals surface area contributed by atoms with Gasteiger partial charge in [-0.25, -0.2) is 8.42 Å². The van der Waals surface area contributed by atoms with Gasteiger partial charge in [-0.3, -0.25) is 13.9 Å². The van der Waals surface area contributed by atoms with Gasteiger partial charge in [0.05, 0.1) is 17.7 Å². The Balaban J connectivity index is 2.11. The third-order valence-corrected chi connectivity index (χ3v) is 8.61. The summed E-state index contributed by atoms with van der Waals surface area (Å²) in [5.41, 5.74) is 2.91. The Morgan fingerprint density at radius 1 is 0.951 bits per heavy atom. The van der Waals surface area contributed by atoms with Gasteiger partial charge in [0.1, 0.15) is 18.3 Å². The van der Waals surface area contributed by atoms with Crippen molar-refractivity contribution in [2.75, 3.05) is 18.0 Å². The number of carbonyl (C=O) groups is 2. The number of carbonyl (C=O) groups excluding carboxylic acids is 2. The molecular weight excluding hydrogens is 538 g/mol. The molecule has 3 aromatic carbocycles. The van der Waals surface area contributed by atoms with Crippen LogP contribution in [0.3, 0.4) is 0 Å². The molecule has 8 nitrogen and oxygen atoms in total. The molecule has 0 radical (unpaired) electrons. The summed E-state index contributed by atoms with van der Waals surface area (Å²) < 4.78 is 34.7. The second-order valence-corrected chi connectivity index (χ2v) is 12.1. The molecule has 9 heteroatoms. The Bertz CT molecular complexity index is 1440. The summed E-state index contributed by atoms with van der Waals surface area (Å²) in [6.45, 7) is 9.01. The number of ether oxygens (including phenoxy) is 1. The molecule has 1 atom stereocenters. The van der Waals surface area contributed by atoms with Crippen LogP contribution in [0, 0.1) is 6.92 Å². The van der Waals surface area contributed by atoms with Crippen molar-refractivity contribution in [3.8, 4) is 5.75 Å². The van der Waals surface area contributed by atoms with E-state index in [0.29, 0.717) is 24.3 Å². The molecule has 0 aliphatic rings. The third kappa shape index (κ3) is 7.88. The predicted octanol–water partition coefficient (Wildman–Crippen LogP) is 5.09. The lowest BCUT2D eigenvalue weighted by Gasteiger charge is -2.34. The van der Waals surface area contributed by atoms with Gasteiger partial charge in [-0.15, -0.1) is 0 Å². The van der Waals surface area contributed by atoms with E-state index < -0.39 is 28.5 Å². The molecule has 0 unspecified atom stereocenters. The van der Waals surface area contributed by atoms with E-state index in [1.54, 1.807) is 55.6 Å². The van der Waals surface area contributed by atoms with Gasteiger partial charge < -0.3 is 15.0 Å². The van der Waals surface area contributed by atoms with E-state index in [1.807, 2.05) is 58.9 Å². The summed E-state index contributed by atoms with van der Waals surface area (Å²) in [6, 6.07) is 20.1. The predicted molar refractivity (Wildman–Crippen MR) is 162 cm³/mol. The van der Waals surface area contributed by atoms with Crippen LogP contribution in [0.25, 0.3) is 0 Å². The van der Waals surface area contributed by atoms with E-state index in [2.05, 4.69) is 5.32 Å². The van der Waals surface area contributed by atoms with Crippen molar-refractivity contribution < 1.29 is 22.7 Å². The summed E-state index contributed by atoms with van der Waals surface area (Å²) in [6.07, 6.45) is 0.927. The fraction of sp³-hybridized carbons (Fsp3) is 0.375. The van der Waals surface area contributed by atoms with Crippen LogP contribution in [0.4, 0.5) is 5.69 Å². The summed E-state index contributed by atoms with van der Waals surface area (Å²) in [4.78, 5) is 29.1. The molecule has 41 heavy (non-hydrogen) atoms. The Morgan fingerprint density at radius 3 is 2.24 bits per heavy atom. The molecule has 2 amide bonds. The van der Waals surface area contributed by atoms with E-state index >= 15 is 0 Å². The first-order valence-electron chi connectivity index (χ1n) is 13.9. The topological polar surface area (TPSA) is 96.0 Å². The fourth-order valence-electron chi connectivity index (χ4n) is 4.67. The van der Waals surface area contributed by atoms with Crippen molar-refractivity contribution in [2.45, 2.75) is 71.0 Å². The lowest BCUT2D eigenvalue weighted by atomic mass is 10.1. The third-order valence-electron chi connectivity index (χ3n) is 6.83. The first kappa shape index (κ1) is 31.7. The zero-order chi connectivity index (χ0) is 30.2. The van der Waals surface area contributed by atoms with Gasteiger partial charge in [-0.2, -0.15) is 0 Å². The molecule has 0 aromatic heterocycles. The van der Waals surface area contributed by atoms with Crippen molar-refractivity contribution in [1.82, 2.24) is 10.2 Å². The zero-order valence-corrected chi connectivity index (χ0v) is 25.6. The van der Waals surface area contributed by atoms with Crippen molar-refractivity contribution >= 4 is 27.5 Å². The average Bonchev–Trinajstić information content (AvgIpc) is 2.95. The fourth-order valence-corrected chi connectivity index (χ4v) is 6.12. The minimum Gasteiger partial charge on any atom is -0.497 e. The standard InChI is InChI=1S/C32H41N3O5S/c1-7-26-13-9-10-15-30(26)35(41(38,39)28-18-16-24(5)17-19-28)22-31(36)34(29(8-2)32(37)33-23(3)4)21-25-12-11-14-27(20-25)40-6/h9-20,23,29H,7-8,21-22H2,1-6H3,(H,33,37)/t29-/m1/s1. The van der Waals surface area contributed by atoms with Crippen molar-refractivity contribution in [3.05, 3.63) is 89.5 Å². The molecule has 0 fully saturated rings. The molecule has 0 saturated heterocycles. The maximum atomic E-state index is 14.2. The van der Waals surface area contributed by atoms with Gasteiger partial charge in [0, 0.05) is 12.6 Å². The first-order valence-corrected chi connectivity index (χ1v) is 15.4. The number of hydrogen-bond acceptors (Lipinski definition) is 5. The molecule has 3 rings (SSSR count). The highest BCUT2D eigenvalue weighted by atomic mass is 32.2. The summed E-state index contributed by atoms with van der Waals surface area (Å²) >= 11 is 0. The number of rotatable bonds is 13. The molecule has 3 aromatic rings. The number of para-hydroxylation sites is 1. The van der Waals surface area contributed by atoms with E-state index in [0.717, 1.165) is 16.7 Å². The lowest BCUT2D eigenvalue weighted by Crippen LogP contribution is -2.53. The van der Waals surface area contributed by atoms with Crippen molar-refractivity contribution in [2.24, 2.45) is 0 Å². The van der Waals surface area contributed by atoms with Crippen LogP contribution in [0.1, 0.15) is 50.8 Å². The molecule has 0 aliphatic heterocycles. The van der Waals surface area contributed by atoms with E-state index in [-0.39, 0.29) is 23.4 Å². The van der Waals surface area contributed by atoms with Crippen molar-refractivity contribution in [1.29, 1.82) is 0 Å². The molecule has 0 spiro atoms. The van der Waals surface area contributed by atoms with Gasteiger partial charge in [0.2, 0.25) is 11.8 Å². The highest BCUT2D eigenvalue weighted by Gasteiger charge is 2.34. The number of aryl methyl sites for hydroxylation is 2. The van der Waals surface area contributed by atoms with Crippen molar-refractivity contribution in [3.63, 3.8) is 0 Å². The number of benzene rings is 3. The number of methoxy groups -OCH3 is 1. The molecular formula is C32H41N3O5S. The number of anilines is 1. The van der Waals surface area contributed by atoms with Crippen LogP contribution in [0.15, 0.2) is 77.7 Å². The van der Waals surface area contributed by atoms with Crippen LogP contribution in [0.5, 0.6) is 5.75 Å². The number of sulfonamides is 1. The van der Waals surface area contributed by atoms with Gasteiger partial charge in [0.15, 0.2) is 0 Å². The summed E-state index contributed by atoms with van der Waals surface area (Å²) in [5.74, 6) is -0.157. The molecule has 220 valence electrons. The molecule has 0 saturated carbocycles.